The van der Waals surface area contributed by atoms with Gasteiger partial charge in [-0.1, -0.05) is 43.3 Å². The van der Waals surface area contributed by atoms with Gasteiger partial charge >= 0.3 is 5.97 Å². The zero-order valence-corrected chi connectivity index (χ0v) is 14.0. The van der Waals surface area contributed by atoms with Gasteiger partial charge in [-0.15, -0.1) is 0 Å². The van der Waals surface area contributed by atoms with Crippen molar-refractivity contribution in [1.82, 2.24) is 0 Å². The summed E-state index contributed by atoms with van der Waals surface area (Å²) in [5.74, 6) is -0.297. The SMILES string of the molecule is C=CC(CO[Si](C)(C)C(C)(C)C)OC(=O)CBr. The van der Waals surface area contributed by atoms with Crippen LogP contribution in [-0.4, -0.2) is 32.3 Å². The molecule has 0 aliphatic carbocycles. The number of ether oxygens (including phenoxy) is 1. The second-order valence-corrected chi connectivity index (χ2v) is 10.8. The first-order chi connectivity index (χ1) is 7.64. The number of alkyl halides is 1. The largest absolute Gasteiger partial charge is 0.455 e. The molecule has 0 saturated heterocycles. The lowest BCUT2D eigenvalue weighted by atomic mass is 10.2. The summed E-state index contributed by atoms with van der Waals surface area (Å²) in [7, 11) is -1.80. The Morgan fingerprint density at radius 1 is 1.47 bits per heavy atom. The van der Waals surface area contributed by atoms with Gasteiger partial charge in [0.05, 0.1) is 6.61 Å². The Morgan fingerprint density at radius 3 is 2.35 bits per heavy atom. The van der Waals surface area contributed by atoms with Crippen LogP contribution in [-0.2, 0) is 14.0 Å². The van der Waals surface area contributed by atoms with Gasteiger partial charge in [-0.25, -0.2) is 0 Å². The molecular formula is C12H23BrO3Si. The first-order valence-corrected chi connectivity index (χ1v) is 9.69. The monoisotopic (exact) mass is 322 g/mol. The molecule has 0 fully saturated rings. The van der Waals surface area contributed by atoms with Crippen LogP contribution in [0.2, 0.25) is 18.1 Å². The van der Waals surface area contributed by atoms with Crippen molar-refractivity contribution in [2.24, 2.45) is 0 Å². The summed E-state index contributed by atoms with van der Waals surface area (Å²) in [5, 5.41) is 0.343. The zero-order chi connectivity index (χ0) is 13.7. The Labute approximate surface area is 114 Å². The molecule has 100 valence electrons. The molecule has 0 aliphatic rings. The standard InChI is InChI=1S/C12H23BrO3Si/c1-7-10(16-11(14)8-13)9-15-17(5,6)12(2,3)4/h7,10H,1,8-9H2,2-6H3. The Bertz CT molecular complexity index is 271. The molecule has 0 amide bonds. The minimum Gasteiger partial charge on any atom is -0.455 e. The van der Waals surface area contributed by atoms with Crippen molar-refractivity contribution >= 4 is 30.2 Å². The minimum atomic E-state index is -1.80. The van der Waals surface area contributed by atoms with Crippen molar-refractivity contribution in [2.45, 2.75) is 45.0 Å². The van der Waals surface area contributed by atoms with Crippen LogP contribution in [0.5, 0.6) is 0 Å². The summed E-state index contributed by atoms with van der Waals surface area (Å²) < 4.78 is 11.1. The van der Waals surface area contributed by atoms with Crippen molar-refractivity contribution in [2.75, 3.05) is 11.9 Å². The Morgan fingerprint density at radius 2 is 2.00 bits per heavy atom. The normalized spacial score (nSPS) is 14.2. The van der Waals surface area contributed by atoms with E-state index in [1.807, 2.05) is 0 Å². The smallest absolute Gasteiger partial charge is 0.317 e. The number of carbonyl (C=O) groups excluding carboxylic acids is 1. The summed E-state index contributed by atoms with van der Waals surface area (Å²) in [4.78, 5) is 11.1. The van der Waals surface area contributed by atoms with Gasteiger partial charge in [0, 0.05) is 0 Å². The second-order valence-electron chi connectivity index (χ2n) is 5.47. The topological polar surface area (TPSA) is 35.5 Å². The van der Waals surface area contributed by atoms with Crippen molar-refractivity contribution in [1.29, 1.82) is 0 Å². The lowest BCUT2D eigenvalue weighted by Crippen LogP contribution is -2.43. The maximum absolute atomic E-state index is 11.1. The third-order valence-electron chi connectivity index (χ3n) is 3.07. The maximum atomic E-state index is 11.1. The Hall–Kier alpha value is -0.133. The van der Waals surface area contributed by atoms with Gasteiger partial charge in [-0.2, -0.15) is 0 Å². The first kappa shape index (κ1) is 16.9. The lowest BCUT2D eigenvalue weighted by Gasteiger charge is -2.36. The number of halogens is 1. The highest BCUT2D eigenvalue weighted by atomic mass is 79.9. The fourth-order valence-corrected chi connectivity index (χ4v) is 2.00. The fraction of sp³-hybridized carbons (Fsp3) is 0.750. The van der Waals surface area contributed by atoms with Crippen LogP contribution in [0.3, 0.4) is 0 Å². The van der Waals surface area contributed by atoms with Crippen molar-refractivity contribution in [3.8, 4) is 0 Å². The van der Waals surface area contributed by atoms with E-state index in [9.17, 15) is 4.79 Å². The molecule has 17 heavy (non-hydrogen) atoms. The molecule has 0 aliphatic heterocycles. The van der Waals surface area contributed by atoms with E-state index in [0.717, 1.165) is 0 Å². The van der Waals surface area contributed by atoms with Crippen molar-refractivity contribution in [3.05, 3.63) is 12.7 Å². The van der Waals surface area contributed by atoms with Crippen molar-refractivity contribution in [3.63, 3.8) is 0 Å². The molecule has 1 atom stereocenters. The van der Waals surface area contributed by atoms with Crippen LogP contribution in [0, 0.1) is 0 Å². The van der Waals surface area contributed by atoms with Crippen LogP contribution in [0.25, 0.3) is 0 Å². The van der Waals surface area contributed by atoms with E-state index in [0.29, 0.717) is 6.61 Å². The first-order valence-electron chi connectivity index (χ1n) is 5.66. The molecule has 0 heterocycles. The van der Waals surface area contributed by atoms with E-state index in [1.54, 1.807) is 6.08 Å². The highest BCUT2D eigenvalue weighted by Gasteiger charge is 2.37. The molecule has 5 heteroatoms. The average Bonchev–Trinajstić information content (AvgIpc) is 2.22. The predicted octanol–water partition coefficient (Wildman–Crippen LogP) is 3.50. The highest BCUT2D eigenvalue weighted by molar-refractivity contribution is 9.09. The zero-order valence-electron chi connectivity index (χ0n) is 11.4. The summed E-state index contributed by atoms with van der Waals surface area (Å²) in [6.07, 6.45) is 1.24. The summed E-state index contributed by atoms with van der Waals surface area (Å²) in [6.45, 7) is 14.9. The Kier molecular flexibility index (Phi) is 6.65. The summed E-state index contributed by atoms with van der Waals surface area (Å²) in [6, 6.07) is 0. The molecule has 0 N–H and O–H groups in total. The van der Waals surface area contributed by atoms with Crippen LogP contribution < -0.4 is 0 Å². The van der Waals surface area contributed by atoms with Crippen LogP contribution in [0.4, 0.5) is 0 Å². The molecular weight excluding hydrogens is 300 g/mol. The average molecular weight is 323 g/mol. The van der Waals surface area contributed by atoms with E-state index in [2.05, 4.69) is 56.4 Å². The number of hydrogen-bond acceptors (Lipinski definition) is 3. The van der Waals surface area contributed by atoms with Gasteiger partial charge in [-0.05, 0) is 24.2 Å². The highest BCUT2D eigenvalue weighted by Crippen LogP contribution is 2.36. The molecule has 0 saturated carbocycles. The number of esters is 1. The van der Waals surface area contributed by atoms with Gasteiger partial charge in [0.25, 0.3) is 0 Å². The van der Waals surface area contributed by atoms with Crippen LogP contribution >= 0.6 is 15.9 Å². The third kappa shape index (κ3) is 5.83. The molecule has 0 aromatic rings. The van der Waals surface area contributed by atoms with Crippen LogP contribution in [0.1, 0.15) is 20.8 Å². The van der Waals surface area contributed by atoms with E-state index >= 15 is 0 Å². The Balaban J connectivity index is 4.33. The molecule has 0 aromatic carbocycles. The van der Waals surface area contributed by atoms with Gasteiger partial charge in [0.15, 0.2) is 8.32 Å². The number of carbonyl (C=O) groups is 1. The van der Waals surface area contributed by atoms with E-state index in [4.69, 9.17) is 9.16 Å². The molecule has 0 bridgehead atoms. The second kappa shape index (κ2) is 6.71. The van der Waals surface area contributed by atoms with Gasteiger partial charge in [0.1, 0.15) is 11.4 Å². The molecule has 0 aromatic heterocycles. The van der Waals surface area contributed by atoms with E-state index < -0.39 is 8.32 Å². The van der Waals surface area contributed by atoms with E-state index in [1.165, 1.54) is 0 Å². The lowest BCUT2D eigenvalue weighted by molar-refractivity contribution is -0.144. The minimum absolute atomic E-state index is 0.151. The molecule has 0 radical (unpaired) electrons. The predicted molar refractivity (Wildman–Crippen MR) is 77.0 cm³/mol. The van der Waals surface area contributed by atoms with Gasteiger partial charge in [0.2, 0.25) is 0 Å². The molecule has 1 unspecified atom stereocenters. The number of rotatable bonds is 6. The summed E-state index contributed by atoms with van der Waals surface area (Å²) >= 11 is 3.05. The number of hydrogen-bond donors (Lipinski definition) is 0. The van der Waals surface area contributed by atoms with Crippen LogP contribution in [0.15, 0.2) is 12.7 Å². The van der Waals surface area contributed by atoms with Gasteiger partial charge in [-0.3, -0.25) is 4.79 Å². The molecule has 3 nitrogen and oxygen atoms in total. The maximum Gasteiger partial charge on any atom is 0.317 e. The molecule has 0 spiro atoms. The fourth-order valence-electron chi connectivity index (χ4n) is 0.857. The quantitative estimate of drug-likeness (QED) is 0.325. The third-order valence-corrected chi connectivity index (χ3v) is 8.03. The van der Waals surface area contributed by atoms with Gasteiger partial charge < -0.3 is 9.16 Å². The summed E-state index contributed by atoms with van der Waals surface area (Å²) in [5.41, 5.74) is 0. The van der Waals surface area contributed by atoms with E-state index in [-0.39, 0.29) is 22.4 Å². The molecule has 0 rings (SSSR count). The van der Waals surface area contributed by atoms with Crippen molar-refractivity contribution < 1.29 is 14.0 Å².